The molecule has 0 bridgehead atoms. The van der Waals surface area contributed by atoms with Gasteiger partial charge < -0.3 is 9.47 Å². The number of benzene rings is 2. The third-order valence-electron chi connectivity index (χ3n) is 4.42. The molecular formula is C20H17FN2O2. The SMILES string of the molecule is COc1cc2c(Oc3ccc4c(c3F)C=C(C)C4)ncnc2cc1C. The van der Waals surface area contributed by atoms with Crippen molar-refractivity contribution in [2.75, 3.05) is 7.11 Å². The van der Waals surface area contributed by atoms with Crippen LogP contribution in [0.15, 0.2) is 36.2 Å². The van der Waals surface area contributed by atoms with Crippen molar-refractivity contribution < 1.29 is 13.9 Å². The maximum atomic E-state index is 14.8. The highest BCUT2D eigenvalue weighted by atomic mass is 19.1. The third kappa shape index (κ3) is 2.61. The van der Waals surface area contributed by atoms with Crippen molar-refractivity contribution in [1.82, 2.24) is 9.97 Å². The predicted molar refractivity (Wildman–Crippen MR) is 94.7 cm³/mol. The first-order valence-corrected chi connectivity index (χ1v) is 8.02. The minimum atomic E-state index is -0.361. The first-order valence-electron chi connectivity index (χ1n) is 8.02. The molecule has 4 rings (SSSR count). The summed E-state index contributed by atoms with van der Waals surface area (Å²) in [5.74, 6) is 0.811. The summed E-state index contributed by atoms with van der Waals surface area (Å²) in [6.45, 7) is 3.93. The van der Waals surface area contributed by atoms with Crippen molar-refractivity contribution in [1.29, 1.82) is 0 Å². The third-order valence-corrected chi connectivity index (χ3v) is 4.42. The highest BCUT2D eigenvalue weighted by Gasteiger charge is 2.19. The molecule has 0 atom stereocenters. The van der Waals surface area contributed by atoms with E-state index in [-0.39, 0.29) is 11.6 Å². The van der Waals surface area contributed by atoms with E-state index in [1.54, 1.807) is 13.2 Å². The quantitative estimate of drug-likeness (QED) is 0.687. The van der Waals surface area contributed by atoms with Crippen LogP contribution in [-0.2, 0) is 6.42 Å². The number of methoxy groups -OCH3 is 1. The molecular weight excluding hydrogens is 319 g/mol. The lowest BCUT2D eigenvalue weighted by Gasteiger charge is -2.12. The normalized spacial score (nSPS) is 12.9. The van der Waals surface area contributed by atoms with Gasteiger partial charge in [-0.05, 0) is 49.6 Å². The van der Waals surface area contributed by atoms with Crippen LogP contribution in [-0.4, -0.2) is 17.1 Å². The molecule has 0 unspecified atom stereocenters. The summed E-state index contributed by atoms with van der Waals surface area (Å²) >= 11 is 0. The summed E-state index contributed by atoms with van der Waals surface area (Å²) in [4.78, 5) is 8.45. The minimum Gasteiger partial charge on any atom is -0.496 e. The second-order valence-electron chi connectivity index (χ2n) is 6.24. The van der Waals surface area contributed by atoms with Gasteiger partial charge in [0.1, 0.15) is 12.1 Å². The van der Waals surface area contributed by atoms with Crippen LogP contribution in [0, 0.1) is 12.7 Å². The Hall–Kier alpha value is -2.95. The average Bonchev–Trinajstić information content (AvgIpc) is 2.98. The molecule has 126 valence electrons. The molecule has 4 nitrogen and oxygen atoms in total. The van der Waals surface area contributed by atoms with Gasteiger partial charge in [0, 0.05) is 5.56 Å². The molecule has 25 heavy (non-hydrogen) atoms. The average molecular weight is 336 g/mol. The van der Waals surface area contributed by atoms with Gasteiger partial charge in [-0.2, -0.15) is 0 Å². The second kappa shape index (κ2) is 5.84. The topological polar surface area (TPSA) is 44.2 Å². The fourth-order valence-corrected chi connectivity index (χ4v) is 3.17. The van der Waals surface area contributed by atoms with Crippen molar-refractivity contribution in [2.24, 2.45) is 0 Å². The molecule has 0 spiro atoms. The number of halogens is 1. The van der Waals surface area contributed by atoms with Crippen molar-refractivity contribution in [2.45, 2.75) is 20.3 Å². The van der Waals surface area contributed by atoms with Gasteiger partial charge in [0.25, 0.3) is 0 Å². The van der Waals surface area contributed by atoms with E-state index in [0.29, 0.717) is 22.6 Å². The Morgan fingerprint density at radius 2 is 1.92 bits per heavy atom. The summed E-state index contributed by atoms with van der Waals surface area (Å²) < 4.78 is 26.0. The molecule has 0 aliphatic heterocycles. The van der Waals surface area contributed by atoms with E-state index in [1.807, 2.05) is 38.1 Å². The zero-order valence-electron chi connectivity index (χ0n) is 14.3. The molecule has 3 aromatic rings. The first kappa shape index (κ1) is 15.6. The van der Waals surface area contributed by atoms with Gasteiger partial charge in [-0.15, -0.1) is 0 Å². The summed E-state index contributed by atoms with van der Waals surface area (Å²) in [5.41, 5.74) is 4.40. The van der Waals surface area contributed by atoms with Gasteiger partial charge in [-0.25, -0.2) is 14.4 Å². The van der Waals surface area contributed by atoms with Crippen LogP contribution in [0.5, 0.6) is 17.4 Å². The Morgan fingerprint density at radius 1 is 1.08 bits per heavy atom. The maximum Gasteiger partial charge on any atom is 0.230 e. The Kier molecular flexibility index (Phi) is 3.64. The highest BCUT2D eigenvalue weighted by Crippen LogP contribution is 2.36. The lowest BCUT2D eigenvalue weighted by Crippen LogP contribution is -1.97. The lowest BCUT2D eigenvalue weighted by molar-refractivity contribution is 0.411. The standard InChI is InChI=1S/C20H17FN2O2/c1-11-6-13-4-5-17(19(21)14(13)7-11)25-20-15-9-18(24-3)12(2)8-16(15)22-10-23-20/h4-5,7-10H,6H2,1-3H3. The van der Waals surface area contributed by atoms with E-state index in [1.165, 1.54) is 6.33 Å². The van der Waals surface area contributed by atoms with Crippen LogP contribution in [0.25, 0.3) is 17.0 Å². The summed E-state index contributed by atoms with van der Waals surface area (Å²) in [7, 11) is 1.60. The van der Waals surface area contributed by atoms with E-state index in [0.717, 1.165) is 28.6 Å². The molecule has 1 aliphatic carbocycles. The van der Waals surface area contributed by atoms with Crippen molar-refractivity contribution in [3.05, 3.63) is 58.7 Å². The van der Waals surface area contributed by atoms with Gasteiger partial charge >= 0.3 is 0 Å². The van der Waals surface area contributed by atoms with E-state index >= 15 is 0 Å². The fraction of sp³-hybridized carbons (Fsp3) is 0.200. The van der Waals surface area contributed by atoms with E-state index in [9.17, 15) is 4.39 Å². The smallest absolute Gasteiger partial charge is 0.230 e. The van der Waals surface area contributed by atoms with Gasteiger partial charge in [0.05, 0.1) is 18.0 Å². The lowest BCUT2D eigenvalue weighted by atomic mass is 10.1. The van der Waals surface area contributed by atoms with E-state index in [2.05, 4.69) is 9.97 Å². The van der Waals surface area contributed by atoms with Crippen LogP contribution in [0.4, 0.5) is 4.39 Å². The Morgan fingerprint density at radius 3 is 2.72 bits per heavy atom. The van der Waals surface area contributed by atoms with Gasteiger partial charge in [-0.3, -0.25) is 0 Å². The molecule has 0 amide bonds. The van der Waals surface area contributed by atoms with Crippen molar-refractivity contribution >= 4 is 17.0 Å². The van der Waals surface area contributed by atoms with Crippen LogP contribution in [0.3, 0.4) is 0 Å². The molecule has 2 aromatic carbocycles. The minimum absolute atomic E-state index is 0.157. The summed E-state index contributed by atoms with van der Waals surface area (Å²) in [6.07, 6.45) is 4.06. The number of fused-ring (bicyclic) bond motifs is 2. The zero-order chi connectivity index (χ0) is 17.6. The number of rotatable bonds is 3. The van der Waals surface area contributed by atoms with Crippen LogP contribution in [0.2, 0.25) is 0 Å². The molecule has 0 N–H and O–H groups in total. The van der Waals surface area contributed by atoms with E-state index in [4.69, 9.17) is 9.47 Å². The number of aryl methyl sites for hydroxylation is 1. The summed E-state index contributed by atoms with van der Waals surface area (Å²) in [5, 5.41) is 0.677. The molecule has 1 aliphatic rings. The molecule has 5 heteroatoms. The Bertz CT molecular complexity index is 1030. The largest absolute Gasteiger partial charge is 0.496 e. The van der Waals surface area contributed by atoms with Crippen LogP contribution >= 0.6 is 0 Å². The maximum absolute atomic E-state index is 14.8. The van der Waals surface area contributed by atoms with Gasteiger partial charge in [0.15, 0.2) is 11.6 Å². The number of hydrogen-bond acceptors (Lipinski definition) is 4. The Labute approximate surface area is 144 Å². The highest BCUT2D eigenvalue weighted by molar-refractivity contribution is 5.86. The van der Waals surface area contributed by atoms with Gasteiger partial charge in [0.2, 0.25) is 5.88 Å². The molecule has 0 radical (unpaired) electrons. The number of aromatic nitrogens is 2. The molecule has 0 fully saturated rings. The van der Waals surface area contributed by atoms with Crippen molar-refractivity contribution in [3.8, 4) is 17.4 Å². The van der Waals surface area contributed by atoms with E-state index < -0.39 is 0 Å². The number of allylic oxidation sites excluding steroid dienone is 1. The first-order chi connectivity index (χ1) is 12.1. The second-order valence-corrected chi connectivity index (χ2v) is 6.24. The molecule has 1 heterocycles. The summed E-state index contributed by atoms with van der Waals surface area (Å²) in [6, 6.07) is 7.26. The number of ether oxygens (including phenoxy) is 2. The molecule has 0 saturated carbocycles. The Balaban J connectivity index is 1.81. The monoisotopic (exact) mass is 336 g/mol. The van der Waals surface area contributed by atoms with Gasteiger partial charge in [-0.1, -0.05) is 17.7 Å². The molecule has 0 saturated heterocycles. The predicted octanol–water partition coefficient (Wildman–Crippen LogP) is 4.84. The number of hydrogen-bond donors (Lipinski definition) is 0. The van der Waals surface area contributed by atoms with Crippen LogP contribution < -0.4 is 9.47 Å². The number of nitrogens with zero attached hydrogens (tertiary/aromatic N) is 2. The molecule has 1 aromatic heterocycles. The zero-order valence-corrected chi connectivity index (χ0v) is 14.3. The fourth-order valence-electron chi connectivity index (χ4n) is 3.17. The van der Waals surface area contributed by atoms with Crippen LogP contribution in [0.1, 0.15) is 23.6 Å². The van der Waals surface area contributed by atoms with Crippen molar-refractivity contribution in [3.63, 3.8) is 0 Å².